The molecule has 0 atom stereocenters. The number of carbonyl (C=O) groups is 1. The zero-order chi connectivity index (χ0) is 22.4. The van der Waals surface area contributed by atoms with Gasteiger partial charge in [0.2, 0.25) is 10.0 Å². The molecule has 0 radical (unpaired) electrons. The number of amides is 2. The largest absolute Gasteiger partial charge is 0.338 e. The van der Waals surface area contributed by atoms with E-state index in [0.29, 0.717) is 17.4 Å². The van der Waals surface area contributed by atoms with Gasteiger partial charge in [0.1, 0.15) is 0 Å². The molecule has 3 rings (SSSR count). The van der Waals surface area contributed by atoms with Crippen LogP contribution in [0.5, 0.6) is 0 Å². The Balaban J connectivity index is 1.92. The Kier molecular flexibility index (Phi) is 7.29. The van der Waals surface area contributed by atoms with Crippen LogP contribution in [0.1, 0.15) is 25.3 Å². The first-order valence-corrected chi connectivity index (χ1v) is 12.7. The predicted octanol–water partition coefficient (Wildman–Crippen LogP) is 5.08. The molecule has 0 aliphatic carbocycles. The van der Waals surface area contributed by atoms with Crippen LogP contribution in [0, 0.1) is 6.92 Å². The van der Waals surface area contributed by atoms with E-state index in [1.165, 1.54) is 11.3 Å². The number of nitrogens with zero attached hydrogens (tertiary/aromatic N) is 1. The van der Waals surface area contributed by atoms with Crippen LogP contribution >= 0.6 is 11.3 Å². The molecule has 2 amide bonds. The molecule has 0 bridgehead atoms. The maximum absolute atomic E-state index is 12.2. The lowest BCUT2D eigenvalue weighted by atomic mass is 10.1. The van der Waals surface area contributed by atoms with Gasteiger partial charge in [0, 0.05) is 17.8 Å². The highest BCUT2D eigenvalue weighted by Gasteiger charge is 2.17. The number of unbranched alkanes of at least 4 members (excludes halogenated alkanes) is 1. The van der Waals surface area contributed by atoms with Crippen molar-refractivity contribution in [2.45, 2.75) is 26.7 Å². The molecule has 0 aliphatic rings. The second-order valence-corrected chi connectivity index (χ2v) is 10.00. The third kappa shape index (κ3) is 6.53. The van der Waals surface area contributed by atoms with Crippen LogP contribution in [0.25, 0.3) is 21.7 Å². The van der Waals surface area contributed by atoms with E-state index in [-0.39, 0.29) is 6.03 Å². The smallest absolute Gasteiger partial charge is 0.321 e. The Morgan fingerprint density at radius 3 is 2.29 bits per heavy atom. The van der Waals surface area contributed by atoms with Gasteiger partial charge in [-0.2, -0.15) is 0 Å². The van der Waals surface area contributed by atoms with E-state index < -0.39 is 10.0 Å². The summed E-state index contributed by atoms with van der Waals surface area (Å²) in [7, 11) is -3.34. The summed E-state index contributed by atoms with van der Waals surface area (Å²) in [5, 5.41) is 6.15. The third-order valence-electron chi connectivity index (χ3n) is 4.44. The van der Waals surface area contributed by atoms with E-state index in [0.717, 1.165) is 46.4 Å². The zero-order valence-electron chi connectivity index (χ0n) is 17.7. The van der Waals surface area contributed by atoms with Crippen LogP contribution in [0.4, 0.5) is 15.6 Å². The summed E-state index contributed by atoms with van der Waals surface area (Å²) in [4.78, 5) is 17.7. The molecule has 1 heterocycles. The SMILES string of the molecule is CCCCNC(=O)Nc1nc(-c2ccc(C)cc2)c(-c2ccc(NS(C)(=O)=O)cc2)s1. The first kappa shape index (κ1) is 22.8. The van der Waals surface area contributed by atoms with E-state index >= 15 is 0 Å². The Morgan fingerprint density at radius 1 is 1.03 bits per heavy atom. The minimum Gasteiger partial charge on any atom is -0.338 e. The fourth-order valence-electron chi connectivity index (χ4n) is 2.90. The van der Waals surface area contributed by atoms with Crippen LogP contribution < -0.4 is 15.4 Å². The fourth-order valence-corrected chi connectivity index (χ4v) is 4.45. The zero-order valence-corrected chi connectivity index (χ0v) is 19.4. The molecule has 0 saturated carbocycles. The van der Waals surface area contributed by atoms with E-state index in [2.05, 4.69) is 27.3 Å². The van der Waals surface area contributed by atoms with Gasteiger partial charge in [-0.15, -0.1) is 0 Å². The average molecular weight is 459 g/mol. The van der Waals surface area contributed by atoms with Gasteiger partial charge in [0.25, 0.3) is 0 Å². The lowest BCUT2D eigenvalue weighted by Gasteiger charge is -2.06. The van der Waals surface area contributed by atoms with Crippen molar-refractivity contribution in [3.63, 3.8) is 0 Å². The van der Waals surface area contributed by atoms with Crippen molar-refractivity contribution in [1.82, 2.24) is 10.3 Å². The van der Waals surface area contributed by atoms with Gasteiger partial charge in [-0.1, -0.05) is 66.6 Å². The quantitative estimate of drug-likeness (QED) is 0.410. The Hall–Kier alpha value is -2.91. The summed E-state index contributed by atoms with van der Waals surface area (Å²) >= 11 is 1.38. The van der Waals surface area contributed by atoms with Crippen molar-refractivity contribution in [2.75, 3.05) is 22.8 Å². The molecule has 2 aromatic carbocycles. The minimum atomic E-state index is -3.34. The van der Waals surface area contributed by atoms with Crippen molar-refractivity contribution in [2.24, 2.45) is 0 Å². The lowest BCUT2D eigenvalue weighted by molar-refractivity contribution is 0.252. The van der Waals surface area contributed by atoms with Crippen LogP contribution in [0.3, 0.4) is 0 Å². The number of nitrogens with one attached hydrogen (secondary N) is 3. The number of aryl methyl sites for hydroxylation is 1. The molecule has 3 aromatic rings. The monoisotopic (exact) mass is 458 g/mol. The Morgan fingerprint density at radius 2 is 1.68 bits per heavy atom. The second-order valence-electron chi connectivity index (χ2n) is 7.25. The standard InChI is InChI=1S/C22H26N4O3S2/c1-4-5-14-23-21(27)25-22-24-19(16-8-6-15(2)7-9-16)20(30-22)17-10-12-18(13-11-17)26-31(3,28)29/h6-13,26H,4-5,14H2,1-3H3,(H2,23,24,25,27). The first-order chi connectivity index (χ1) is 14.7. The topological polar surface area (TPSA) is 100 Å². The summed E-state index contributed by atoms with van der Waals surface area (Å²) in [6, 6.07) is 14.8. The molecule has 7 nitrogen and oxygen atoms in total. The molecule has 0 saturated heterocycles. The molecule has 0 fully saturated rings. The number of urea groups is 1. The molecule has 3 N–H and O–H groups in total. The lowest BCUT2D eigenvalue weighted by Crippen LogP contribution is -2.29. The van der Waals surface area contributed by atoms with Gasteiger partial charge in [0.15, 0.2) is 5.13 Å². The van der Waals surface area contributed by atoms with Gasteiger partial charge in [-0.05, 0) is 31.0 Å². The van der Waals surface area contributed by atoms with Crippen molar-refractivity contribution in [1.29, 1.82) is 0 Å². The average Bonchev–Trinajstić information content (AvgIpc) is 3.11. The maximum atomic E-state index is 12.2. The number of aromatic nitrogens is 1. The van der Waals surface area contributed by atoms with Gasteiger partial charge in [0.05, 0.1) is 16.8 Å². The first-order valence-electron chi connectivity index (χ1n) is 9.96. The molecule has 0 spiro atoms. The minimum absolute atomic E-state index is 0.281. The summed E-state index contributed by atoms with van der Waals surface area (Å²) in [5.41, 5.74) is 4.21. The molecular weight excluding hydrogens is 432 g/mol. The van der Waals surface area contributed by atoms with Crippen molar-refractivity contribution < 1.29 is 13.2 Å². The number of rotatable bonds is 8. The molecule has 0 unspecified atom stereocenters. The number of hydrogen-bond donors (Lipinski definition) is 3. The molecule has 0 aliphatic heterocycles. The predicted molar refractivity (Wildman–Crippen MR) is 128 cm³/mol. The normalized spacial score (nSPS) is 11.2. The van der Waals surface area contributed by atoms with Crippen molar-refractivity contribution in [3.05, 3.63) is 54.1 Å². The summed E-state index contributed by atoms with van der Waals surface area (Å²) in [5.74, 6) is 0. The van der Waals surface area contributed by atoms with Gasteiger partial charge < -0.3 is 5.32 Å². The van der Waals surface area contributed by atoms with Crippen molar-refractivity contribution in [3.8, 4) is 21.7 Å². The molecule has 1 aromatic heterocycles. The third-order valence-corrected chi connectivity index (χ3v) is 6.07. The van der Waals surface area contributed by atoms with Gasteiger partial charge in [-0.3, -0.25) is 10.0 Å². The number of anilines is 2. The molecule has 164 valence electrons. The Bertz CT molecular complexity index is 1140. The van der Waals surface area contributed by atoms with E-state index in [9.17, 15) is 13.2 Å². The fraction of sp³-hybridized carbons (Fsp3) is 0.273. The number of sulfonamides is 1. The second kappa shape index (κ2) is 9.93. The van der Waals surface area contributed by atoms with E-state index in [1.807, 2.05) is 43.3 Å². The van der Waals surface area contributed by atoms with Gasteiger partial charge in [-0.25, -0.2) is 18.2 Å². The summed E-state index contributed by atoms with van der Waals surface area (Å²) in [6.45, 7) is 4.70. The number of hydrogen-bond acceptors (Lipinski definition) is 5. The molecule has 31 heavy (non-hydrogen) atoms. The van der Waals surface area contributed by atoms with E-state index in [4.69, 9.17) is 0 Å². The van der Waals surface area contributed by atoms with Crippen LogP contribution in [-0.4, -0.2) is 32.2 Å². The summed E-state index contributed by atoms with van der Waals surface area (Å²) < 4.78 is 25.4. The summed E-state index contributed by atoms with van der Waals surface area (Å²) in [6.07, 6.45) is 3.03. The highest BCUT2D eigenvalue weighted by molar-refractivity contribution is 7.92. The Labute approximate surface area is 187 Å². The number of carbonyl (C=O) groups excluding carboxylic acids is 1. The van der Waals surface area contributed by atoms with Gasteiger partial charge >= 0.3 is 6.03 Å². The number of benzene rings is 2. The van der Waals surface area contributed by atoms with Crippen LogP contribution in [0.15, 0.2) is 48.5 Å². The highest BCUT2D eigenvalue weighted by atomic mass is 32.2. The maximum Gasteiger partial charge on any atom is 0.321 e. The highest BCUT2D eigenvalue weighted by Crippen LogP contribution is 2.39. The van der Waals surface area contributed by atoms with Crippen LogP contribution in [0.2, 0.25) is 0 Å². The van der Waals surface area contributed by atoms with Crippen molar-refractivity contribution >= 4 is 38.2 Å². The molecular formula is C22H26N4O3S2. The van der Waals surface area contributed by atoms with E-state index in [1.54, 1.807) is 12.1 Å². The molecule has 9 heteroatoms. The number of thiazole rings is 1. The van der Waals surface area contributed by atoms with Crippen LogP contribution in [-0.2, 0) is 10.0 Å².